The number of nitrogens with zero attached hydrogens (tertiary/aromatic N) is 4. The summed E-state index contributed by atoms with van der Waals surface area (Å²) in [6.07, 6.45) is 3.67. The van der Waals surface area contributed by atoms with E-state index in [0.29, 0.717) is 5.88 Å². The molecule has 5 heteroatoms. The van der Waals surface area contributed by atoms with Crippen molar-refractivity contribution in [2.75, 3.05) is 36.0 Å². The molecule has 0 spiro atoms. The number of rotatable bonds is 3. The summed E-state index contributed by atoms with van der Waals surface area (Å²) in [5.41, 5.74) is 1.11. The molecule has 0 aromatic carbocycles. The van der Waals surface area contributed by atoms with Crippen LogP contribution in [0.3, 0.4) is 0 Å². The first-order chi connectivity index (χ1) is 9.86. The highest BCUT2D eigenvalue weighted by Gasteiger charge is 2.18. The molecule has 1 aliphatic rings. The Kier molecular flexibility index (Phi) is 4.02. The van der Waals surface area contributed by atoms with Crippen LogP contribution in [0.2, 0.25) is 0 Å². The second-order valence-corrected chi connectivity index (χ2v) is 5.09. The van der Waals surface area contributed by atoms with Gasteiger partial charge in [-0.3, -0.25) is 0 Å². The average molecular weight is 289 g/mol. The van der Waals surface area contributed by atoms with Crippen molar-refractivity contribution in [1.29, 1.82) is 0 Å². The van der Waals surface area contributed by atoms with Crippen molar-refractivity contribution in [2.45, 2.75) is 5.88 Å². The molecule has 3 heterocycles. The normalized spacial score (nSPS) is 15.4. The van der Waals surface area contributed by atoms with E-state index in [4.69, 9.17) is 11.6 Å². The topological polar surface area (TPSA) is 32.3 Å². The van der Waals surface area contributed by atoms with Gasteiger partial charge in [0, 0.05) is 44.5 Å². The van der Waals surface area contributed by atoms with Crippen molar-refractivity contribution < 1.29 is 0 Å². The van der Waals surface area contributed by atoms with Crippen LogP contribution in [-0.2, 0) is 5.88 Å². The summed E-state index contributed by atoms with van der Waals surface area (Å²) in [7, 11) is 0. The first kappa shape index (κ1) is 13.2. The molecule has 1 aliphatic heterocycles. The summed E-state index contributed by atoms with van der Waals surface area (Å²) < 4.78 is 0. The summed E-state index contributed by atoms with van der Waals surface area (Å²) in [6, 6.07) is 10.1. The summed E-state index contributed by atoms with van der Waals surface area (Å²) in [6.45, 7) is 3.83. The Balaban J connectivity index is 1.66. The van der Waals surface area contributed by atoms with E-state index < -0.39 is 0 Å². The number of halogens is 1. The Hall–Kier alpha value is -1.81. The largest absolute Gasteiger partial charge is 0.353 e. The van der Waals surface area contributed by atoms with Crippen LogP contribution < -0.4 is 9.80 Å². The van der Waals surface area contributed by atoms with E-state index >= 15 is 0 Å². The number of hydrogen-bond donors (Lipinski definition) is 0. The number of alkyl halides is 1. The van der Waals surface area contributed by atoms with Gasteiger partial charge in [-0.05, 0) is 29.8 Å². The van der Waals surface area contributed by atoms with Gasteiger partial charge >= 0.3 is 0 Å². The fraction of sp³-hybridized carbons (Fsp3) is 0.333. The highest BCUT2D eigenvalue weighted by atomic mass is 35.5. The van der Waals surface area contributed by atoms with E-state index in [0.717, 1.165) is 43.4 Å². The Morgan fingerprint density at radius 3 is 2.25 bits per heavy atom. The number of anilines is 2. The van der Waals surface area contributed by atoms with E-state index in [9.17, 15) is 0 Å². The maximum atomic E-state index is 5.88. The standard InChI is InChI=1S/C15H17ClN4/c16-12-13-4-6-18-15(11-13)20-9-7-19(8-10-20)14-3-1-2-5-17-14/h1-6,11H,7-10,12H2. The molecule has 2 aromatic rings. The zero-order valence-corrected chi connectivity index (χ0v) is 12.0. The van der Waals surface area contributed by atoms with Crippen LogP contribution in [0.4, 0.5) is 11.6 Å². The lowest BCUT2D eigenvalue weighted by molar-refractivity contribution is 0.641. The van der Waals surface area contributed by atoms with Crippen LogP contribution in [-0.4, -0.2) is 36.1 Å². The molecule has 2 aromatic heterocycles. The molecular formula is C15H17ClN4. The van der Waals surface area contributed by atoms with E-state index in [1.807, 2.05) is 30.6 Å². The third kappa shape index (κ3) is 2.85. The first-order valence-electron chi connectivity index (χ1n) is 6.78. The van der Waals surface area contributed by atoms with Crippen molar-refractivity contribution in [3.8, 4) is 0 Å². The van der Waals surface area contributed by atoms with Crippen molar-refractivity contribution >= 4 is 23.2 Å². The van der Waals surface area contributed by atoms with E-state index in [-0.39, 0.29) is 0 Å². The predicted molar refractivity (Wildman–Crippen MR) is 82.5 cm³/mol. The van der Waals surface area contributed by atoms with Crippen LogP contribution in [0.5, 0.6) is 0 Å². The number of piperazine rings is 1. The molecule has 0 amide bonds. The maximum absolute atomic E-state index is 5.88. The zero-order valence-electron chi connectivity index (χ0n) is 11.2. The third-order valence-corrected chi connectivity index (χ3v) is 3.85. The molecule has 104 valence electrons. The Morgan fingerprint density at radius 2 is 1.60 bits per heavy atom. The molecular weight excluding hydrogens is 272 g/mol. The highest BCUT2D eigenvalue weighted by Crippen LogP contribution is 2.18. The van der Waals surface area contributed by atoms with Gasteiger partial charge in [0.25, 0.3) is 0 Å². The molecule has 0 atom stereocenters. The van der Waals surface area contributed by atoms with Crippen LogP contribution >= 0.6 is 11.6 Å². The van der Waals surface area contributed by atoms with Crippen LogP contribution in [0.1, 0.15) is 5.56 Å². The monoisotopic (exact) mass is 288 g/mol. The molecule has 0 unspecified atom stereocenters. The van der Waals surface area contributed by atoms with Crippen molar-refractivity contribution in [3.05, 3.63) is 48.3 Å². The molecule has 0 N–H and O–H groups in total. The summed E-state index contributed by atoms with van der Waals surface area (Å²) >= 11 is 5.88. The minimum Gasteiger partial charge on any atom is -0.353 e. The zero-order chi connectivity index (χ0) is 13.8. The van der Waals surface area contributed by atoms with Gasteiger partial charge in [-0.15, -0.1) is 11.6 Å². The third-order valence-electron chi connectivity index (χ3n) is 3.54. The van der Waals surface area contributed by atoms with E-state index in [1.165, 1.54) is 0 Å². The maximum Gasteiger partial charge on any atom is 0.128 e. The molecule has 1 fully saturated rings. The number of pyridine rings is 2. The van der Waals surface area contributed by atoms with Crippen molar-refractivity contribution in [2.24, 2.45) is 0 Å². The second-order valence-electron chi connectivity index (χ2n) is 4.82. The molecule has 20 heavy (non-hydrogen) atoms. The Bertz CT molecular complexity index is 553. The van der Waals surface area contributed by atoms with Crippen LogP contribution in [0.25, 0.3) is 0 Å². The van der Waals surface area contributed by atoms with Gasteiger partial charge in [0.2, 0.25) is 0 Å². The molecule has 0 bridgehead atoms. The van der Waals surface area contributed by atoms with Gasteiger partial charge in [0.15, 0.2) is 0 Å². The summed E-state index contributed by atoms with van der Waals surface area (Å²) in [4.78, 5) is 13.5. The minimum absolute atomic E-state index is 0.531. The van der Waals surface area contributed by atoms with Crippen molar-refractivity contribution in [1.82, 2.24) is 9.97 Å². The lowest BCUT2D eigenvalue weighted by atomic mass is 10.2. The lowest BCUT2D eigenvalue weighted by Crippen LogP contribution is -2.47. The SMILES string of the molecule is ClCc1ccnc(N2CCN(c3ccccn3)CC2)c1. The minimum atomic E-state index is 0.531. The Morgan fingerprint density at radius 1 is 0.900 bits per heavy atom. The predicted octanol–water partition coefficient (Wildman–Crippen LogP) is 2.54. The fourth-order valence-electron chi connectivity index (χ4n) is 2.42. The fourth-order valence-corrected chi connectivity index (χ4v) is 2.59. The summed E-state index contributed by atoms with van der Waals surface area (Å²) in [5.74, 6) is 2.60. The lowest BCUT2D eigenvalue weighted by Gasteiger charge is -2.36. The van der Waals surface area contributed by atoms with Gasteiger partial charge in [0.05, 0.1) is 0 Å². The van der Waals surface area contributed by atoms with Gasteiger partial charge in [-0.1, -0.05) is 6.07 Å². The second kappa shape index (κ2) is 6.09. The number of aromatic nitrogens is 2. The Labute approximate surface area is 124 Å². The number of hydrogen-bond acceptors (Lipinski definition) is 4. The van der Waals surface area contributed by atoms with Crippen molar-refractivity contribution in [3.63, 3.8) is 0 Å². The summed E-state index contributed by atoms with van der Waals surface area (Å²) in [5, 5.41) is 0. The quantitative estimate of drug-likeness (QED) is 0.813. The van der Waals surface area contributed by atoms with Gasteiger partial charge < -0.3 is 9.80 Å². The van der Waals surface area contributed by atoms with Gasteiger partial charge in [0.1, 0.15) is 11.6 Å². The smallest absolute Gasteiger partial charge is 0.128 e. The van der Waals surface area contributed by atoms with Gasteiger partial charge in [-0.2, -0.15) is 0 Å². The molecule has 1 saturated heterocycles. The molecule has 3 rings (SSSR count). The highest BCUT2D eigenvalue weighted by molar-refractivity contribution is 6.17. The molecule has 4 nitrogen and oxygen atoms in total. The van der Waals surface area contributed by atoms with E-state index in [2.05, 4.69) is 31.9 Å². The van der Waals surface area contributed by atoms with Gasteiger partial charge in [-0.25, -0.2) is 9.97 Å². The average Bonchev–Trinajstić information content (AvgIpc) is 2.56. The molecule has 0 saturated carbocycles. The molecule has 0 aliphatic carbocycles. The van der Waals surface area contributed by atoms with Crippen LogP contribution in [0, 0.1) is 0 Å². The first-order valence-corrected chi connectivity index (χ1v) is 7.32. The van der Waals surface area contributed by atoms with Crippen LogP contribution in [0.15, 0.2) is 42.7 Å². The molecule has 0 radical (unpaired) electrons. The van der Waals surface area contributed by atoms with E-state index in [1.54, 1.807) is 0 Å².